The van der Waals surface area contributed by atoms with Gasteiger partial charge in [-0.25, -0.2) is 4.98 Å². The molecule has 0 fully saturated rings. The van der Waals surface area contributed by atoms with Crippen LogP contribution >= 0.6 is 11.3 Å². The molecule has 4 heteroatoms. The maximum Gasteiger partial charge on any atom is 0.223 e. The standard InChI is InChI=1S/C17H20N2OS/c1-2-16-19-15(11-21-16)10-18-17(20)14-8-7-12-5-3-4-6-13(12)9-14/h3-6,11,14H,2,7-10H2,1H3,(H,18,20)/t14-/m1/s1. The van der Waals surface area contributed by atoms with E-state index in [1.165, 1.54) is 11.1 Å². The zero-order valence-corrected chi connectivity index (χ0v) is 13.1. The summed E-state index contributed by atoms with van der Waals surface area (Å²) in [5.41, 5.74) is 3.70. The summed E-state index contributed by atoms with van der Waals surface area (Å²) in [6, 6.07) is 8.45. The predicted molar refractivity (Wildman–Crippen MR) is 85.3 cm³/mol. The number of hydrogen-bond acceptors (Lipinski definition) is 3. The van der Waals surface area contributed by atoms with E-state index in [-0.39, 0.29) is 11.8 Å². The van der Waals surface area contributed by atoms with E-state index in [1.807, 2.05) is 5.38 Å². The van der Waals surface area contributed by atoms with Crippen molar-refractivity contribution in [1.29, 1.82) is 0 Å². The molecular formula is C17H20N2OS. The van der Waals surface area contributed by atoms with Gasteiger partial charge in [-0.2, -0.15) is 0 Å². The number of aromatic nitrogens is 1. The van der Waals surface area contributed by atoms with Crippen molar-refractivity contribution in [3.63, 3.8) is 0 Å². The Morgan fingerprint density at radius 3 is 2.95 bits per heavy atom. The maximum absolute atomic E-state index is 12.3. The summed E-state index contributed by atoms with van der Waals surface area (Å²) in [7, 11) is 0. The van der Waals surface area contributed by atoms with Gasteiger partial charge in [0.05, 0.1) is 17.2 Å². The molecule has 0 saturated carbocycles. The van der Waals surface area contributed by atoms with Crippen LogP contribution in [-0.4, -0.2) is 10.9 Å². The van der Waals surface area contributed by atoms with Crippen LogP contribution in [0.2, 0.25) is 0 Å². The number of thiazole rings is 1. The average Bonchev–Trinajstić information content (AvgIpc) is 3.00. The van der Waals surface area contributed by atoms with Crippen molar-refractivity contribution in [1.82, 2.24) is 10.3 Å². The first-order chi connectivity index (χ1) is 10.3. The Kier molecular flexibility index (Phi) is 4.34. The van der Waals surface area contributed by atoms with E-state index in [0.29, 0.717) is 6.54 Å². The summed E-state index contributed by atoms with van der Waals surface area (Å²) in [4.78, 5) is 16.8. The molecule has 1 N–H and O–H groups in total. The minimum atomic E-state index is 0.101. The van der Waals surface area contributed by atoms with Gasteiger partial charge in [0.1, 0.15) is 0 Å². The van der Waals surface area contributed by atoms with E-state index < -0.39 is 0 Å². The van der Waals surface area contributed by atoms with Crippen molar-refractivity contribution < 1.29 is 4.79 Å². The number of fused-ring (bicyclic) bond motifs is 1. The molecule has 1 atom stereocenters. The van der Waals surface area contributed by atoms with E-state index in [0.717, 1.165) is 36.4 Å². The van der Waals surface area contributed by atoms with Crippen LogP contribution in [0.4, 0.5) is 0 Å². The molecule has 3 nitrogen and oxygen atoms in total. The summed E-state index contributed by atoms with van der Waals surface area (Å²) in [6.45, 7) is 2.65. The smallest absolute Gasteiger partial charge is 0.223 e. The van der Waals surface area contributed by atoms with Gasteiger partial charge in [-0.15, -0.1) is 11.3 Å². The van der Waals surface area contributed by atoms with Crippen LogP contribution in [0.15, 0.2) is 29.6 Å². The zero-order chi connectivity index (χ0) is 14.7. The molecule has 1 amide bonds. The number of amides is 1. The van der Waals surface area contributed by atoms with Gasteiger partial charge >= 0.3 is 0 Å². The molecule has 1 aromatic carbocycles. The van der Waals surface area contributed by atoms with Crippen LogP contribution in [0.1, 0.15) is 35.2 Å². The fourth-order valence-corrected chi connectivity index (χ4v) is 3.58. The molecule has 110 valence electrons. The largest absolute Gasteiger partial charge is 0.350 e. The van der Waals surface area contributed by atoms with E-state index in [1.54, 1.807) is 11.3 Å². The molecule has 0 radical (unpaired) electrons. The first-order valence-corrected chi connectivity index (χ1v) is 8.42. The lowest BCUT2D eigenvalue weighted by Crippen LogP contribution is -2.33. The lowest BCUT2D eigenvalue weighted by atomic mass is 9.83. The number of benzene rings is 1. The van der Waals surface area contributed by atoms with Gasteiger partial charge in [-0.3, -0.25) is 4.79 Å². The van der Waals surface area contributed by atoms with E-state index in [4.69, 9.17) is 0 Å². The van der Waals surface area contributed by atoms with Gasteiger partial charge in [-0.05, 0) is 36.8 Å². The van der Waals surface area contributed by atoms with Crippen LogP contribution in [0, 0.1) is 5.92 Å². The SMILES string of the molecule is CCc1nc(CNC(=O)[C@@H]2CCc3ccccc3C2)cs1. The molecule has 1 heterocycles. The minimum Gasteiger partial charge on any atom is -0.350 e. The third-order valence-corrected chi connectivity index (χ3v) is 5.11. The van der Waals surface area contributed by atoms with Crippen molar-refractivity contribution >= 4 is 17.2 Å². The zero-order valence-electron chi connectivity index (χ0n) is 12.3. The van der Waals surface area contributed by atoms with E-state index in [2.05, 4.69) is 41.5 Å². The molecule has 1 aromatic heterocycles. The van der Waals surface area contributed by atoms with E-state index in [9.17, 15) is 4.79 Å². The Morgan fingerprint density at radius 1 is 1.38 bits per heavy atom. The van der Waals surface area contributed by atoms with Crippen molar-refractivity contribution in [2.75, 3.05) is 0 Å². The number of rotatable bonds is 4. The minimum absolute atomic E-state index is 0.101. The Balaban J connectivity index is 1.57. The third kappa shape index (κ3) is 3.32. The highest BCUT2D eigenvalue weighted by atomic mass is 32.1. The number of aryl methyl sites for hydroxylation is 2. The third-order valence-electron chi connectivity index (χ3n) is 4.06. The number of carbonyl (C=O) groups excluding carboxylic acids is 1. The van der Waals surface area contributed by atoms with E-state index >= 15 is 0 Å². The second kappa shape index (κ2) is 6.39. The van der Waals surface area contributed by atoms with Crippen LogP contribution in [0.25, 0.3) is 0 Å². The first kappa shape index (κ1) is 14.3. The van der Waals surface area contributed by atoms with Gasteiger partial charge in [0, 0.05) is 11.3 Å². The maximum atomic E-state index is 12.3. The Labute approximate surface area is 129 Å². The highest BCUT2D eigenvalue weighted by Crippen LogP contribution is 2.25. The summed E-state index contributed by atoms with van der Waals surface area (Å²) in [5, 5.41) is 6.21. The molecule has 0 unspecified atom stereocenters. The van der Waals surface area contributed by atoms with Crippen molar-refractivity contribution in [3.05, 3.63) is 51.5 Å². The summed E-state index contributed by atoms with van der Waals surface area (Å²) in [5.74, 6) is 0.264. The number of carbonyl (C=O) groups is 1. The van der Waals surface area contributed by atoms with Crippen molar-refractivity contribution in [2.24, 2.45) is 5.92 Å². The Hall–Kier alpha value is -1.68. The van der Waals surface area contributed by atoms with Gasteiger partial charge in [0.25, 0.3) is 0 Å². The molecule has 1 aliphatic rings. The second-order valence-corrected chi connectivity index (χ2v) is 6.46. The topological polar surface area (TPSA) is 42.0 Å². The fourth-order valence-electron chi connectivity index (χ4n) is 2.84. The molecule has 0 bridgehead atoms. The molecule has 0 spiro atoms. The Morgan fingerprint density at radius 2 is 2.19 bits per heavy atom. The lowest BCUT2D eigenvalue weighted by molar-refractivity contribution is -0.125. The average molecular weight is 300 g/mol. The monoisotopic (exact) mass is 300 g/mol. The normalized spacial score (nSPS) is 17.3. The summed E-state index contributed by atoms with van der Waals surface area (Å²) >= 11 is 1.67. The highest BCUT2D eigenvalue weighted by Gasteiger charge is 2.24. The lowest BCUT2D eigenvalue weighted by Gasteiger charge is -2.23. The summed E-state index contributed by atoms with van der Waals surface area (Å²) in [6.07, 6.45) is 3.77. The summed E-state index contributed by atoms with van der Waals surface area (Å²) < 4.78 is 0. The predicted octanol–water partition coefficient (Wildman–Crippen LogP) is 3.13. The van der Waals surface area contributed by atoms with Crippen LogP contribution < -0.4 is 5.32 Å². The molecule has 0 aliphatic heterocycles. The molecule has 0 saturated heterocycles. The Bertz CT molecular complexity index is 635. The molecular weight excluding hydrogens is 280 g/mol. The van der Waals surface area contributed by atoms with Crippen LogP contribution in [0.5, 0.6) is 0 Å². The van der Waals surface area contributed by atoms with Gasteiger partial charge in [0.2, 0.25) is 5.91 Å². The van der Waals surface area contributed by atoms with Gasteiger partial charge < -0.3 is 5.32 Å². The number of nitrogens with one attached hydrogen (secondary N) is 1. The molecule has 2 aromatic rings. The molecule has 3 rings (SSSR count). The van der Waals surface area contributed by atoms with Crippen LogP contribution in [-0.2, 0) is 30.6 Å². The van der Waals surface area contributed by atoms with Gasteiger partial charge in [-0.1, -0.05) is 31.2 Å². The molecule has 1 aliphatic carbocycles. The molecule has 21 heavy (non-hydrogen) atoms. The van der Waals surface area contributed by atoms with Crippen molar-refractivity contribution in [2.45, 2.75) is 39.2 Å². The fraction of sp³-hybridized carbons (Fsp3) is 0.412. The van der Waals surface area contributed by atoms with Crippen molar-refractivity contribution in [3.8, 4) is 0 Å². The van der Waals surface area contributed by atoms with Gasteiger partial charge in [0.15, 0.2) is 0 Å². The highest BCUT2D eigenvalue weighted by molar-refractivity contribution is 7.09. The second-order valence-electron chi connectivity index (χ2n) is 5.51. The quantitative estimate of drug-likeness (QED) is 0.942. The first-order valence-electron chi connectivity index (χ1n) is 7.54. The number of nitrogens with zero attached hydrogens (tertiary/aromatic N) is 1. The van der Waals surface area contributed by atoms with Crippen LogP contribution in [0.3, 0.4) is 0 Å². The number of hydrogen-bond donors (Lipinski definition) is 1.